The van der Waals surface area contributed by atoms with Gasteiger partial charge in [-0.1, -0.05) is 107 Å². The Morgan fingerprint density at radius 1 is 0.688 bits per heavy atom. The fourth-order valence-corrected chi connectivity index (χ4v) is 7.92. The Bertz CT molecular complexity index is 1200. The predicted octanol–water partition coefficient (Wildman–Crippen LogP) is 12.6. The molecular weight excluding hydrogens is 592 g/mol. The van der Waals surface area contributed by atoms with Crippen LogP contribution < -0.4 is 9.47 Å². The number of benzene rings is 2. The van der Waals surface area contributed by atoms with Crippen molar-refractivity contribution in [2.24, 2.45) is 29.6 Å². The highest BCUT2D eigenvalue weighted by molar-refractivity contribution is 5.50. The summed E-state index contributed by atoms with van der Waals surface area (Å²) in [5, 5.41) is 22.7. The van der Waals surface area contributed by atoms with Gasteiger partial charge in [-0.3, -0.25) is 0 Å². The third kappa shape index (κ3) is 12.8. The van der Waals surface area contributed by atoms with Crippen LogP contribution in [0.25, 0.3) is 0 Å². The molecule has 2 N–H and O–H groups in total. The number of rotatable bonds is 22. The molecule has 4 heteroatoms. The average molecular weight is 665 g/mol. The molecule has 0 unspecified atom stereocenters. The number of phenolic OH excluding ortho intramolecular Hbond substituents is 2. The van der Waals surface area contributed by atoms with Crippen molar-refractivity contribution in [2.75, 3.05) is 13.2 Å². The Labute approximate surface area is 295 Å². The van der Waals surface area contributed by atoms with Crippen LogP contribution >= 0.6 is 0 Å². The van der Waals surface area contributed by atoms with Crippen LogP contribution in [0.5, 0.6) is 23.0 Å². The molecule has 2 aromatic rings. The van der Waals surface area contributed by atoms with Gasteiger partial charge in [0, 0.05) is 11.1 Å². The second-order valence-corrected chi connectivity index (χ2v) is 16.1. The summed E-state index contributed by atoms with van der Waals surface area (Å²) in [7, 11) is 0. The number of hydrogen-bond donors (Lipinski definition) is 2. The molecule has 48 heavy (non-hydrogen) atoms. The van der Waals surface area contributed by atoms with Crippen molar-refractivity contribution in [1.29, 1.82) is 0 Å². The van der Waals surface area contributed by atoms with E-state index in [2.05, 4.69) is 67.5 Å². The van der Waals surface area contributed by atoms with E-state index in [1.54, 1.807) is 0 Å². The zero-order chi connectivity index (χ0) is 35.1. The summed E-state index contributed by atoms with van der Waals surface area (Å²) in [6.07, 6.45) is 18.0. The summed E-state index contributed by atoms with van der Waals surface area (Å²) < 4.78 is 13.1. The Balaban J connectivity index is 1.80. The molecule has 1 fully saturated rings. The minimum Gasteiger partial charge on any atom is -0.508 e. The molecule has 0 aliphatic heterocycles. The van der Waals surface area contributed by atoms with E-state index >= 15 is 0 Å². The van der Waals surface area contributed by atoms with Gasteiger partial charge < -0.3 is 19.7 Å². The van der Waals surface area contributed by atoms with Gasteiger partial charge in [0.15, 0.2) is 0 Å². The maximum Gasteiger partial charge on any atom is 0.126 e. The first-order valence-electron chi connectivity index (χ1n) is 20.0. The second-order valence-electron chi connectivity index (χ2n) is 16.1. The lowest BCUT2D eigenvalue weighted by atomic mass is 9.67. The highest BCUT2D eigenvalue weighted by atomic mass is 16.5. The molecule has 2 aromatic carbocycles. The summed E-state index contributed by atoms with van der Waals surface area (Å²) in [5.41, 5.74) is 4.23. The number of phenols is 2. The monoisotopic (exact) mass is 665 g/mol. The summed E-state index contributed by atoms with van der Waals surface area (Å²) in [6, 6.07) is 8.34. The fraction of sp³-hybridized carbons (Fsp3) is 0.727. The normalized spacial score (nSPS) is 18.8. The van der Waals surface area contributed by atoms with Crippen molar-refractivity contribution in [3.63, 3.8) is 0 Å². The largest absolute Gasteiger partial charge is 0.508 e. The van der Waals surface area contributed by atoms with Crippen LogP contribution in [0.2, 0.25) is 0 Å². The van der Waals surface area contributed by atoms with Crippen molar-refractivity contribution in [3.8, 4) is 23.0 Å². The van der Waals surface area contributed by atoms with Crippen LogP contribution in [0.4, 0.5) is 0 Å². The van der Waals surface area contributed by atoms with Gasteiger partial charge in [0.05, 0.1) is 0 Å². The Morgan fingerprint density at radius 2 is 1.29 bits per heavy atom. The molecule has 4 nitrogen and oxygen atoms in total. The van der Waals surface area contributed by atoms with E-state index in [1.165, 1.54) is 57.8 Å². The van der Waals surface area contributed by atoms with Crippen LogP contribution in [-0.4, -0.2) is 23.4 Å². The molecule has 272 valence electrons. The van der Waals surface area contributed by atoms with Crippen molar-refractivity contribution < 1.29 is 19.7 Å². The lowest BCUT2D eigenvalue weighted by molar-refractivity contribution is 0.182. The average Bonchev–Trinajstić information content (AvgIpc) is 3.02. The number of aryl methyl sites for hydroxylation is 2. The van der Waals surface area contributed by atoms with Gasteiger partial charge in [0.2, 0.25) is 0 Å². The molecule has 3 rings (SSSR count). The number of unbranched alkanes of at least 4 members (excludes halogenated alkanes) is 4. The zero-order valence-corrected chi connectivity index (χ0v) is 32.2. The maximum atomic E-state index is 11.5. The van der Waals surface area contributed by atoms with E-state index < -0.39 is 0 Å². The third-order valence-corrected chi connectivity index (χ3v) is 10.9. The fourth-order valence-electron chi connectivity index (χ4n) is 7.92. The van der Waals surface area contributed by atoms with Gasteiger partial charge in [-0.25, -0.2) is 0 Å². The molecule has 0 radical (unpaired) electrons. The smallest absolute Gasteiger partial charge is 0.126 e. The molecule has 0 amide bonds. The minimum atomic E-state index is 0.292. The first kappa shape index (κ1) is 40.1. The Hall–Kier alpha value is -2.36. The standard InChI is InChI=1S/C44H72O4/c1-9-11-13-18-35-27-40(45)38(23-20-33(7)17-15-16-31(3)4)42(29-35)47-24-25-48-43-30-36(19-14-12-10-2)28-41(46)44(43)39-26-34(8)21-22-37(39)32(5)6/h27-34,37,39,45-46H,9-26H2,1-8H3/t33-,34-,37-,39+/m0/s1. The lowest BCUT2D eigenvalue weighted by Crippen LogP contribution is -2.27. The van der Waals surface area contributed by atoms with Crippen molar-refractivity contribution in [1.82, 2.24) is 0 Å². The topological polar surface area (TPSA) is 58.9 Å². The first-order valence-corrected chi connectivity index (χ1v) is 20.0. The summed E-state index contributed by atoms with van der Waals surface area (Å²) in [5.74, 6) is 5.77. The van der Waals surface area contributed by atoms with Crippen molar-refractivity contribution in [3.05, 3.63) is 46.5 Å². The first-order chi connectivity index (χ1) is 23.0. The summed E-state index contributed by atoms with van der Waals surface area (Å²) in [4.78, 5) is 0. The van der Waals surface area contributed by atoms with Gasteiger partial charge >= 0.3 is 0 Å². The van der Waals surface area contributed by atoms with E-state index in [-0.39, 0.29) is 0 Å². The van der Waals surface area contributed by atoms with E-state index in [0.29, 0.717) is 54.3 Å². The lowest BCUT2D eigenvalue weighted by Gasteiger charge is -2.38. The molecule has 0 spiro atoms. The Kier molecular flexibility index (Phi) is 17.5. The van der Waals surface area contributed by atoms with Crippen LogP contribution in [0.1, 0.15) is 167 Å². The van der Waals surface area contributed by atoms with Gasteiger partial charge in [-0.15, -0.1) is 0 Å². The number of ether oxygens (including phenoxy) is 2. The number of hydrogen-bond acceptors (Lipinski definition) is 4. The van der Waals surface area contributed by atoms with Gasteiger partial charge in [0.25, 0.3) is 0 Å². The maximum absolute atomic E-state index is 11.5. The summed E-state index contributed by atoms with van der Waals surface area (Å²) in [6.45, 7) is 19.2. The van der Waals surface area contributed by atoms with Gasteiger partial charge in [0.1, 0.15) is 36.2 Å². The molecule has 1 aliphatic rings. The van der Waals surface area contributed by atoms with E-state index in [0.717, 1.165) is 84.6 Å². The van der Waals surface area contributed by atoms with Crippen molar-refractivity contribution >= 4 is 0 Å². The molecule has 4 atom stereocenters. The minimum absolute atomic E-state index is 0.292. The van der Waals surface area contributed by atoms with Crippen molar-refractivity contribution in [2.45, 2.75) is 164 Å². The molecule has 0 aromatic heterocycles. The van der Waals surface area contributed by atoms with E-state index in [1.807, 2.05) is 12.1 Å². The third-order valence-electron chi connectivity index (χ3n) is 10.9. The van der Waals surface area contributed by atoms with Gasteiger partial charge in [-0.05, 0) is 122 Å². The number of aromatic hydroxyl groups is 2. The molecule has 0 bridgehead atoms. The molecule has 1 aliphatic carbocycles. The molecular formula is C44H72O4. The quantitative estimate of drug-likeness (QED) is 0.123. The van der Waals surface area contributed by atoms with E-state index in [9.17, 15) is 10.2 Å². The molecule has 0 saturated heterocycles. The second kappa shape index (κ2) is 21.0. The van der Waals surface area contributed by atoms with Crippen LogP contribution in [0, 0.1) is 29.6 Å². The highest BCUT2D eigenvalue weighted by Gasteiger charge is 2.35. The highest BCUT2D eigenvalue weighted by Crippen LogP contribution is 2.50. The van der Waals surface area contributed by atoms with Crippen LogP contribution in [0.15, 0.2) is 24.3 Å². The van der Waals surface area contributed by atoms with Crippen LogP contribution in [0.3, 0.4) is 0 Å². The SMILES string of the molecule is CCCCCc1cc(O)c(CC[C@@H](C)CCCC(C)C)c(OCCOc2cc(CCCCC)cc(O)c2[C@@H]2C[C@@H](C)CC[C@H]2C(C)C)c1. The van der Waals surface area contributed by atoms with Crippen LogP contribution in [-0.2, 0) is 19.3 Å². The molecule has 1 saturated carbocycles. The summed E-state index contributed by atoms with van der Waals surface area (Å²) >= 11 is 0. The zero-order valence-electron chi connectivity index (χ0n) is 32.2. The van der Waals surface area contributed by atoms with E-state index in [4.69, 9.17) is 9.47 Å². The predicted molar refractivity (Wildman–Crippen MR) is 204 cm³/mol. The molecule has 0 heterocycles. The van der Waals surface area contributed by atoms with Gasteiger partial charge in [-0.2, -0.15) is 0 Å². The Morgan fingerprint density at radius 3 is 1.90 bits per heavy atom.